The van der Waals surface area contributed by atoms with Gasteiger partial charge in [-0.1, -0.05) is 18.2 Å². The monoisotopic (exact) mass is 317 g/mol. The van der Waals surface area contributed by atoms with Gasteiger partial charge in [-0.05, 0) is 24.6 Å². The summed E-state index contributed by atoms with van der Waals surface area (Å²) < 4.78 is 5.83. The van der Waals surface area contributed by atoms with Gasteiger partial charge in [0.1, 0.15) is 11.2 Å². The van der Waals surface area contributed by atoms with Crippen LogP contribution in [-0.2, 0) is 11.2 Å². The second kappa shape index (κ2) is 6.12. The van der Waals surface area contributed by atoms with Gasteiger partial charge in [0.05, 0.1) is 5.69 Å². The van der Waals surface area contributed by atoms with Gasteiger partial charge in [-0.15, -0.1) is 0 Å². The van der Waals surface area contributed by atoms with Crippen LogP contribution < -0.4 is 5.32 Å². The van der Waals surface area contributed by atoms with E-state index in [2.05, 4.69) is 15.3 Å². The molecule has 5 heteroatoms. The summed E-state index contributed by atoms with van der Waals surface area (Å²) in [6.07, 6.45) is 5.84. The predicted octanol–water partition coefficient (Wildman–Crippen LogP) is 3.95. The minimum Gasteiger partial charge on any atom is -0.456 e. The van der Waals surface area contributed by atoms with Crippen molar-refractivity contribution in [1.29, 1.82) is 0 Å². The maximum absolute atomic E-state index is 12.1. The van der Waals surface area contributed by atoms with Gasteiger partial charge in [0.2, 0.25) is 5.91 Å². The number of carbonyl (C=O) groups excluding carboxylic acids is 1. The number of hydrogen-bond acceptors (Lipinski definition) is 4. The zero-order chi connectivity index (χ0) is 16.4. The van der Waals surface area contributed by atoms with E-state index in [1.54, 1.807) is 18.6 Å². The lowest BCUT2D eigenvalue weighted by atomic mass is 10.1. The standard InChI is InChI=1S/C19H15N3O2/c23-19(8-6-14-12-20-9-10-21-14)22-13-5-7-16-15-3-1-2-4-17(15)24-18(16)11-13/h1-5,7,9-12H,6,8H2,(H,22,23). The third kappa shape index (κ3) is 2.84. The molecule has 0 unspecified atom stereocenters. The Morgan fingerprint density at radius 3 is 2.79 bits per heavy atom. The molecule has 2 aromatic heterocycles. The first kappa shape index (κ1) is 14.4. The third-order valence-electron chi connectivity index (χ3n) is 3.89. The fraction of sp³-hybridized carbons (Fsp3) is 0.105. The van der Waals surface area contributed by atoms with Crippen molar-refractivity contribution in [2.24, 2.45) is 0 Å². The summed E-state index contributed by atoms with van der Waals surface area (Å²) in [5.41, 5.74) is 3.15. The number of nitrogens with one attached hydrogen (secondary N) is 1. The highest BCUT2D eigenvalue weighted by atomic mass is 16.3. The van der Waals surface area contributed by atoms with Crippen molar-refractivity contribution in [3.05, 3.63) is 66.7 Å². The zero-order valence-corrected chi connectivity index (χ0v) is 12.9. The average Bonchev–Trinajstić information content (AvgIpc) is 2.98. The van der Waals surface area contributed by atoms with Crippen molar-refractivity contribution < 1.29 is 9.21 Å². The van der Waals surface area contributed by atoms with E-state index in [1.807, 2.05) is 42.5 Å². The Hall–Kier alpha value is -3.21. The molecule has 4 aromatic rings. The van der Waals surface area contributed by atoms with Gasteiger partial charge in [0, 0.05) is 47.5 Å². The summed E-state index contributed by atoms with van der Waals surface area (Å²) in [4.78, 5) is 20.3. The van der Waals surface area contributed by atoms with Gasteiger partial charge >= 0.3 is 0 Å². The minimum absolute atomic E-state index is 0.0592. The van der Waals surface area contributed by atoms with E-state index in [9.17, 15) is 4.79 Å². The fourth-order valence-electron chi connectivity index (χ4n) is 2.73. The Balaban J connectivity index is 1.50. The van der Waals surface area contributed by atoms with Crippen LogP contribution in [-0.4, -0.2) is 15.9 Å². The molecule has 118 valence electrons. The first-order valence-corrected chi connectivity index (χ1v) is 7.76. The van der Waals surface area contributed by atoms with Gasteiger partial charge in [0.25, 0.3) is 0 Å². The highest BCUT2D eigenvalue weighted by molar-refractivity contribution is 6.06. The van der Waals surface area contributed by atoms with E-state index in [4.69, 9.17) is 4.42 Å². The van der Waals surface area contributed by atoms with E-state index in [1.165, 1.54) is 0 Å². The summed E-state index contributed by atoms with van der Waals surface area (Å²) in [6.45, 7) is 0. The lowest BCUT2D eigenvalue weighted by Gasteiger charge is -2.05. The molecule has 0 fully saturated rings. The largest absolute Gasteiger partial charge is 0.456 e. The van der Waals surface area contributed by atoms with Crippen LogP contribution in [0.25, 0.3) is 21.9 Å². The smallest absolute Gasteiger partial charge is 0.224 e. The molecule has 24 heavy (non-hydrogen) atoms. The molecule has 2 heterocycles. The Morgan fingerprint density at radius 1 is 1.04 bits per heavy atom. The molecule has 0 radical (unpaired) electrons. The minimum atomic E-state index is -0.0592. The Labute approximate surface area is 138 Å². The zero-order valence-electron chi connectivity index (χ0n) is 12.9. The first-order valence-electron chi connectivity index (χ1n) is 7.76. The number of hydrogen-bond donors (Lipinski definition) is 1. The molecule has 1 amide bonds. The number of para-hydroxylation sites is 1. The molecule has 0 aliphatic carbocycles. The molecule has 4 rings (SSSR count). The van der Waals surface area contributed by atoms with E-state index < -0.39 is 0 Å². The number of aromatic nitrogens is 2. The average molecular weight is 317 g/mol. The van der Waals surface area contributed by atoms with Gasteiger partial charge in [0.15, 0.2) is 0 Å². The third-order valence-corrected chi connectivity index (χ3v) is 3.89. The molecule has 0 saturated carbocycles. The van der Waals surface area contributed by atoms with E-state index >= 15 is 0 Å². The SMILES string of the molecule is O=C(CCc1cnccn1)Nc1ccc2c(c1)oc1ccccc12. The lowest BCUT2D eigenvalue weighted by Crippen LogP contribution is -2.12. The number of nitrogens with zero attached hydrogens (tertiary/aromatic N) is 2. The molecule has 0 saturated heterocycles. The molecule has 5 nitrogen and oxygen atoms in total. The van der Waals surface area contributed by atoms with E-state index in [-0.39, 0.29) is 5.91 Å². The number of furan rings is 1. The summed E-state index contributed by atoms with van der Waals surface area (Å²) in [7, 11) is 0. The van der Waals surface area contributed by atoms with Gasteiger partial charge in [-0.25, -0.2) is 0 Å². The maximum Gasteiger partial charge on any atom is 0.224 e. The van der Waals surface area contributed by atoms with Crippen molar-refractivity contribution in [3.63, 3.8) is 0 Å². The van der Waals surface area contributed by atoms with Crippen LogP contribution in [0.2, 0.25) is 0 Å². The van der Waals surface area contributed by atoms with Crippen LogP contribution in [0.3, 0.4) is 0 Å². The highest BCUT2D eigenvalue weighted by Gasteiger charge is 2.09. The normalized spacial score (nSPS) is 11.0. The summed E-state index contributed by atoms with van der Waals surface area (Å²) in [5, 5.41) is 5.02. The number of carbonyl (C=O) groups is 1. The van der Waals surface area contributed by atoms with E-state index in [0.717, 1.165) is 33.3 Å². The predicted molar refractivity (Wildman–Crippen MR) is 92.7 cm³/mol. The molecule has 0 spiro atoms. The number of rotatable bonds is 4. The highest BCUT2D eigenvalue weighted by Crippen LogP contribution is 2.30. The number of aryl methyl sites for hydroxylation is 1. The molecule has 2 aromatic carbocycles. The molecule has 0 aliphatic heterocycles. The molecular formula is C19H15N3O2. The summed E-state index contributed by atoms with van der Waals surface area (Å²) in [6, 6.07) is 13.6. The van der Waals surface area contributed by atoms with Crippen LogP contribution in [0.4, 0.5) is 5.69 Å². The van der Waals surface area contributed by atoms with Crippen LogP contribution in [0.5, 0.6) is 0 Å². The topological polar surface area (TPSA) is 68.0 Å². The molecule has 1 N–H and O–H groups in total. The lowest BCUT2D eigenvalue weighted by molar-refractivity contribution is -0.116. The van der Waals surface area contributed by atoms with Crippen molar-refractivity contribution in [1.82, 2.24) is 9.97 Å². The van der Waals surface area contributed by atoms with Gasteiger partial charge < -0.3 is 9.73 Å². The Kier molecular flexibility index (Phi) is 3.67. The second-order valence-electron chi connectivity index (χ2n) is 5.55. The second-order valence-corrected chi connectivity index (χ2v) is 5.55. The summed E-state index contributed by atoms with van der Waals surface area (Å²) in [5.74, 6) is -0.0592. The quantitative estimate of drug-likeness (QED) is 0.619. The number of fused-ring (bicyclic) bond motifs is 3. The number of amides is 1. The van der Waals surface area contributed by atoms with E-state index in [0.29, 0.717) is 12.8 Å². The molecule has 0 aliphatic rings. The van der Waals surface area contributed by atoms with Crippen molar-refractivity contribution in [2.75, 3.05) is 5.32 Å². The molecule has 0 bridgehead atoms. The van der Waals surface area contributed by atoms with Crippen LogP contribution >= 0.6 is 0 Å². The van der Waals surface area contributed by atoms with Crippen molar-refractivity contribution in [2.45, 2.75) is 12.8 Å². The fourth-order valence-corrected chi connectivity index (χ4v) is 2.73. The van der Waals surface area contributed by atoms with Crippen LogP contribution in [0.15, 0.2) is 65.5 Å². The number of anilines is 1. The van der Waals surface area contributed by atoms with Crippen LogP contribution in [0, 0.1) is 0 Å². The molecular weight excluding hydrogens is 302 g/mol. The Morgan fingerprint density at radius 2 is 1.92 bits per heavy atom. The van der Waals surface area contributed by atoms with Crippen molar-refractivity contribution >= 4 is 33.5 Å². The summed E-state index contributed by atoms with van der Waals surface area (Å²) >= 11 is 0. The maximum atomic E-state index is 12.1. The van der Waals surface area contributed by atoms with Gasteiger partial charge in [-0.3, -0.25) is 14.8 Å². The Bertz CT molecular complexity index is 1010. The van der Waals surface area contributed by atoms with Gasteiger partial charge in [-0.2, -0.15) is 0 Å². The first-order chi connectivity index (χ1) is 11.8. The van der Waals surface area contributed by atoms with Crippen LogP contribution in [0.1, 0.15) is 12.1 Å². The number of benzene rings is 2. The molecule has 0 atom stereocenters. The van der Waals surface area contributed by atoms with Crippen molar-refractivity contribution in [3.8, 4) is 0 Å².